The highest BCUT2D eigenvalue weighted by atomic mass is 32.2. The second-order valence-electron chi connectivity index (χ2n) is 8.66. The van der Waals surface area contributed by atoms with Gasteiger partial charge < -0.3 is 9.80 Å². The molecular formula is C27H25N5O4S. The van der Waals surface area contributed by atoms with E-state index in [-0.39, 0.29) is 16.7 Å². The maximum atomic E-state index is 13.1. The molecule has 1 aliphatic rings. The molecule has 37 heavy (non-hydrogen) atoms. The number of pyridine rings is 2. The van der Waals surface area contributed by atoms with Crippen LogP contribution in [0.1, 0.15) is 27.3 Å². The molecule has 0 atom stereocenters. The number of amides is 2. The predicted molar refractivity (Wildman–Crippen MR) is 140 cm³/mol. The van der Waals surface area contributed by atoms with E-state index in [1.807, 2.05) is 12.1 Å². The Hall–Kier alpha value is -4.31. The Morgan fingerprint density at radius 1 is 0.730 bits per heavy atom. The van der Waals surface area contributed by atoms with Crippen molar-refractivity contribution in [1.82, 2.24) is 19.8 Å². The van der Waals surface area contributed by atoms with Crippen LogP contribution < -0.4 is 4.72 Å². The molecule has 1 saturated heterocycles. The molecule has 0 spiro atoms. The molecule has 2 amide bonds. The first-order valence-electron chi connectivity index (χ1n) is 11.9. The van der Waals surface area contributed by atoms with Crippen LogP contribution in [0, 0.1) is 0 Å². The van der Waals surface area contributed by atoms with E-state index in [9.17, 15) is 18.0 Å². The number of benzene rings is 2. The van der Waals surface area contributed by atoms with Crippen LogP contribution in [0.15, 0.2) is 90.1 Å². The van der Waals surface area contributed by atoms with Crippen LogP contribution in [-0.4, -0.2) is 66.2 Å². The third kappa shape index (κ3) is 5.29. The number of anilines is 1. The van der Waals surface area contributed by atoms with E-state index in [1.165, 1.54) is 24.3 Å². The summed E-state index contributed by atoms with van der Waals surface area (Å²) >= 11 is 0. The van der Waals surface area contributed by atoms with Gasteiger partial charge in [0.25, 0.3) is 21.8 Å². The lowest BCUT2D eigenvalue weighted by Crippen LogP contribution is -2.37. The van der Waals surface area contributed by atoms with E-state index >= 15 is 0 Å². The monoisotopic (exact) mass is 515 g/mol. The summed E-state index contributed by atoms with van der Waals surface area (Å²) in [5.74, 6) is -0.361. The third-order valence-corrected chi connectivity index (χ3v) is 7.62. The van der Waals surface area contributed by atoms with Gasteiger partial charge in [-0.3, -0.25) is 24.3 Å². The van der Waals surface area contributed by atoms with Crippen molar-refractivity contribution in [3.8, 4) is 0 Å². The Morgan fingerprint density at radius 2 is 1.43 bits per heavy atom. The number of hydrogen-bond donors (Lipinski definition) is 1. The minimum Gasteiger partial charge on any atom is -0.337 e. The fraction of sp³-hybridized carbons (Fsp3) is 0.185. The van der Waals surface area contributed by atoms with Gasteiger partial charge in [0.05, 0.1) is 16.1 Å². The van der Waals surface area contributed by atoms with Crippen molar-refractivity contribution < 1.29 is 18.0 Å². The van der Waals surface area contributed by atoms with E-state index in [0.29, 0.717) is 55.1 Å². The normalized spacial score (nSPS) is 14.3. The highest BCUT2D eigenvalue weighted by Crippen LogP contribution is 2.24. The lowest BCUT2D eigenvalue weighted by Gasteiger charge is -2.22. The number of nitrogens with one attached hydrogen (secondary N) is 1. The number of carbonyl (C=O) groups is 2. The molecule has 2 aromatic carbocycles. The van der Waals surface area contributed by atoms with Crippen LogP contribution in [-0.2, 0) is 10.0 Å². The van der Waals surface area contributed by atoms with Crippen LogP contribution in [0.4, 0.5) is 5.69 Å². The van der Waals surface area contributed by atoms with Crippen molar-refractivity contribution in [1.29, 1.82) is 0 Å². The van der Waals surface area contributed by atoms with E-state index in [0.717, 1.165) is 5.39 Å². The lowest BCUT2D eigenvalue weighted by atomic mass is 10.2. The molecule has 0 saturated carbocycles. The fourth-order valence-electron chi connectivity index (χ4n) is 4.32. The van der Waals surface area contributed by atoms with Gasteiger partial charge >= 0.3 is 0 Å². The minimum atomic E-state index is -3.89. The number of aromatic nitrogens is 2. The average Bonchev–Trinajstić information content (AvgIpc) is 3.19. The largest absolute Gasteiger partial charge is 0.337 e. The number of rotatable bonds is 5. The zero-order chi connectivity index (χ0) is 25.8. The molecule has 3 heterocycles. The van der Waals surface area contributed by atoms with Gasteiger partial charge in [-0.1, -0.05) is 24.3 Å². The molecule has 1 N–H and O–H groups in total. The lowest BCUT2D eigenvalue weighted by molar-refractivity contribution is 0.0715. The molecule has 188 valence electrons. The summed E-state index contributed by atoms with van der Waals surface area (Å²) in [7, 11) is -3.89. The molecule has 5 rings (SSSR count). The molecule has 0 unspecified atom stereocenters. The molecule has 4 aromatic rings. The van der Waals surface area contributed by atoms with Gasteiger partial charge in [0.2, 0.25) is 0 Å². The van der Waals surface area contributed by atoms with E-state index in [2.05, 4.69) is 14.7 Å². The molecular weight excluding hydrogens is 490 g/mol. The molecule has 10 heteroatoms. The maximum absolute atomic E-state index is 13.1. The minimum absolute atomic E-state index is 0.0417. The SMILES string of the molecule is O=C(c1ccc(S(=O)(=O)Nc2cccc3cccnc23)cc1)N1CCCN(C(=O)c2ccccn2)CC1. The summed E-state index contributed by atoms with van der Waals surface area (Å²) in [5.41, 5.74) is 1.70. The van der Waals surface area contributed by atoms with E-state index in [1.54, 1.807) is 58.6 Å². The fourth-order valence-corrected chi connectivity index (χ4v) is 5.39. The van der Waals surface area contributed by atoms with Crippen molar-refractivity contribution in [2.24, 2.45) is 0 Å². The highest BCUT2D eigenvalue weighted by molar-refractivity contribution is 7.92. The highest BCUT2D eigenvalue weighted by Gasteiger charge is 2.24. The molecule has 1 fully saturated rings. The summed E-state index contributed by atoms with van der Waals surface area (Å²) in [4.78, 5) is 37.7. The summed E-state index contributed by atoms with van der Waals surface area (Å²) in [5, 5.41) is 0.821. The molecule has 0 aliphatic carbocycles. The number of sulfonamides is 1. The number of fused-ring (bicyclic) bond motifs is 1. The quantitative estimate of drug-likeness (QED) is 0.436. The number of hydrogen-bond acceptors (Lipinski definition) is 6. The van der Waals surface area contributed by atoms with Gasteiger partial charge in [0.1, 0.15) is 5.69 Å². The summed E-state index contributed by atoms with van der Waals surface area (Å²) in [6, 6.07) is 20.0. The van der Waals surface area contributed by atoms with Gasteiger partial charge in [0, 0.05) is 49.5 Å². The van der Waals surface area contributed by atoms with Crippen LogP contribution in [0.3, 0.4) is 0 Å². The smallest absolute Gasteiger partial charge is 0.272 e. The molecule has 0 bridgehead atoms. The van der Waals surface area contributed by atoms with Crippen LogP contribution in [0.5, 0.6) is 0 Å². The molecule has 1 aliphatic heterocycles. The van der Waals surface area contributed by atoms with E-state index in [4.69, 9.17) is 0 Å². The first kappa shape index (κ1) is 24.4. The third-order valence-electron chi connectivity index (χ3n) is 6.24. The van der Waals surface area contributed by atoms with Gasteiger partial charge in [-0.25, -0.2) is 8.42 Å². The topological polar surface area (TPSA) is 113 Å². The van der Waals surface area contributed by atoms with Crippen LogP contribution in [0.2, 0.25) is 0 Å². The number of para-hydroxylation sites is 1. The van der Waals surface area contributed by atoms with Gasteiger partial charge in [-0.05, 0) is 55.0 Å². The predicted octanol–water partition coefficient (Wildman–Crippen LogP) is 3.42. The zero-order valence-electron chi connectivity index (χ0n) is 19.9. The molecule has 2 aromatic heterocycles. The van der Waals surface area contributed by atoms with Crippen molar-refractivity contribution in [3.63, 3.8) is 0 Å². The van der Waals surface area contributed by atoms with Crippen molar-refractivity contribution in [3.05, 3.63) is 96.4 Å². The second kappa shape index (κ2) is 10.4. The zero-order valence-corrected chi connectivity index (χ0v) is 20.8. The second-order valence-corrected chi connectivity index (χ2v) is 10.3. The van der Waals surface area contributed by atoms with Gasteiger partial charge in [-0.2, -0.15) is 0 Å². The Labute approximate surface area is 214 Å². The van der Waals surface area contributed by atoms with Crippen LogP contribution in [0.25, 0.3) is 10.9 Å². The summed E-state index contributed by atoms with van der Waals surface area (Å²) in [6.07, 6.45) is 3.83. The Kier molecular flexibility index (Phi) is 6.82. The van der Waals surface area contributed by atoms with Crippen molar-refractivity contribution >= 4 is 38.4 Å². The van der Waals surface area contributed by atoms with Gasteiger partial charge in [-0.15, -0.1) is 0 Å². The summed E-state index contributed by atoms with van der Waals surface area (Å²) in [6.45, 7) is 1.81. The first-order chi connectivity index (χ1) is 17.9. The average molecular weight is 516 g/mol. The van der Waals surface area contributed by atoms with Crippen molar-refractivity contribution in [2.45, 2.75) is 11.3 Å². The number of nitrogens with zero attached hydrogens (tertiary/aromatic N) is 4. The standard InChI is InChI=1S/C27H25N5O4S/c33-26(31-16-5-17-32(19-18-31)27(34)24-8-1-2-14-28-24)21-10-12-22(13-11-21)37(35,36)30-23-9-3-6-20-7-4-15-29-25(20)23/h1-4,6-15,30H,5,16-19H2. The maximum Gasteiger partial charge on any atom is 0.272 e. The van der Waals surface area contributed by atoms with Crippen LogP contribution >= 0.6 is 0 Å². The van der Waals surface area contributed by atoms with Gasteiger partial charge in [0.15, 0.2) is 0 Å². The summed E-state index contributed by atoms with van der Waals surface area (Å²) < 4.78 is 28.6. The van der Waals surface area contributed by atoms with Crippen molar-refractivity contribution in [2.75, 3.05) is 30.9 Å². The Bertz CT molecular complexity index is 1540. The Balaban J connectivity index is 1.26. The molecule has 0 radical (unpaired) electrons. The number of carbonyl (C=O) groups excluding carboxylic acids is 2. The Morgan fingerprint density at radius 3 is 2.16 bits per heavy atom. The molecule has 9 nitrogen and oxygen atoms in total. The van der Waals surface area contributed by atoms with E-state index < -0.39 is 10.0 Å². The first-order valence-corrected chi connectivity index (χ1v) is 13.4.